The van der Waals surface area contributed by atoms with E-state index in [1.165, 1.54) is 0 Å². The van der Waals surface area contributed by atoms with Gasteiger partial charge in [0.2, 0.25) is 5.95 Å². The quantitative estimate of drug-likeness (QED) is 0.683. The topological polar surface area (TPSA) is 117 Å². The largest absolute Gasteiger partial charge is 0.356 e. The number of aromatic nitrogens is 4. The summed E-state index contributed by atoms with van der Waals surface area (Å²) in [6.07, 6.45) is 6.40. The molecule has 4 rings (SSSR count). The molecular formula is C16H20N8O2. The third-order valence-corrected chi connectivity index (χ3v) is 4.84. The highest BCUT2D eigenvalue weighted by Gasteiger charge is 2.48. The maximum Gasteiger partial charge on any atom is 0.322 e. The first-order valence-electron chi connectivity index (χ1n) is 8.43. The predicted molar refractivity (Wildman–Crippen MR) is 94.1 cm³/mol. The zero-order valence-corrected chi connectivity index (χ0v) is 14.6. The minimum Gasteiger partial charge on any atom is -0.356 e. The van der Waals surface area contributed by atoms with Crippen LogP contribution in [0.1, 0.15) is 18.4 Å². The number of amides is 3. The first-order chi connectivity index (χ1) is 12.4. The lowest BCUT2D eigenvalue weighted by molar-refractivity contribution is -0.124. The molecule has 0 aliphatic carbocycles. The Kier molecular flexibility index (Phi) is 3.74. The zero-order chi connectivity index (χ0) is 18.3. The lowest BCUT2D eigenvalue weighted by atomic mass is 9.87. The second kappa shape index (κ2) is 5.97. The number of imide groups is 1. The van der Waals surface area contributed by atoms with Crippen molar-refractivity contribution in [1.82, 2.24) is 30.4 Å². The molecule has 2 aliphatic rings. The SMILES string of the molecule is Cc1cnc(Nc2cnn(C)c2)nc1N1CCC2(CC1)NC(=O)NC2=O. The molecule has 4 heterocycles. The Balaban J connectivity index is 1.50. The van der Waals surface area contributed by atoms with Crippen molar-refractivity contribution in [3.05, 3.63) is 24.2 Å². The molecule has 136 valence electrons. The minimum atomic E-state index is -0.786. The van der Waals surface area contributed by atoms with Crippen LogP contribution >= 0.6 is 0 Å². The third-order valence-electron chi connectivity index (χ3n) is 4.84. The van der Waals surface area contributed by atoms with Crippen LogP contribution in [0.25, 0.3) is 0 Å². The lowest BCUT2D eigenvalue weighted by Crippen LogP contribution is -2.55. The van der Waals surface area contributed by atoms with E-state index in [9.17, 15) is 9.59 Å². The lowest BCUT2D eigenvalue weighted by Gasteiger charge is -2.38. The average molecular weight is 356 g/mol. The number of nitrogens with one attached hydrogen (secondary N) is 3. The molecule has 0 radical (unpaired) electrons. The summed E-state index contributed by atoms with van der Waals surface area (Å²) in [6, 6.07) is -0.412. The van der Waals surface area contributed by atoms with E-state index in [0.717, 1.165) is 17.1 Å². The van der Waals surface area contributed by atoms with Crippen molar-refractivity contribution in [3.63, 3.8) is 0 Å². The third kappa shape index (κ3) is 2.83. The average Bonchev–Trinajstić information content (AvgIpc) is 3.13. The zero-order valence-electron chi connectivity index (χ0n) is 14.6. The van der Waals surface area contributed by atoms with E-state index in [0.29, 0.717) is 31.9 Å². The van der Waals surface area contributed by atoms with Crippen molar-refractivity contribution in [2.45, 2.75) is 25.3 Å². The predicted octanol–water partition coefficient (Wildman–Crippen LogP) is 0.441. The van der Waals surface area contributed by atoms with Gasteiger partial charge in [-0.25, -0.2) is 9.78 Å². The molecule has 26 heavy (non-hydrogen) atoms. The standard InChI is InChI=1S/C16H20N8O2/c1-10-7-17-14(19-11-8-18-23(2)9-11)20-12(10)24-5-3-16(4-6-24)13(25)21-15(26)22-16/h7-9H,3-6H2,1-2H3,(H,17,19,20)(H2,21,22,25,26). The minimum absolute atomic E-state index is 0.236. The van der Waals surface area contributed by atoms with Crippen LogP contribution in [0.15, 0.2) is 18.6 Å². The molecule has 0 unspecified atom stereocenters. The van der Waals surface area contributed by atoms with Gasteiger partial charge in [0.15, 0.2) is 0 Å². The fourth-order valence-corrected chi connectivity index (χ4v) is 3.41. The molecule has 2 saturated heterocycles. The number of rotatable bonds is 3. The van der Waals surface area contributed by atoms with Crippen molar-refractivity contribution >= 4 is 29.4 Å². The normalized spacial score (nSPS) is 18.8. The van der Waals surface area contributed by atoms with E-state index in [1.54, 1.807) is 17.1 Å². The smallest absolute Gasteiger partial charge is 0.322 e. The highest BCUT2D eigenvalue weighted by atomic mass is 16.2. The number of carbonyl (C=O) groups is 2. The van der Waals surface area contributed by atoms with Crippen LogP contribution in [0.3, 0.4) is 0 Å². The second-order valence-corrected chi connectivity index (χ2v) is 6.71. The van der Waals surface area contributed by atoms with Crippen molar-refractivity contribution in [2.75, 3.05) is 23.3 Å². The molecule has 0 bridgehead atoms. The van der Waals surface area contributed by atoms with E-state index in [4.69, 9.17) is 0 Å². The van der Waals surface area contributed by atoms with Gasteiger partial charge in [-0.1, -0.05) is 0 Å². The van der Waals surface area contributed by atoms with Gasteiger partial charge in [-0.2, -0.15) is 10.1 Å². The van der Waals surface area contributed by atoms with Gasteiger partial charge in [-0.15, -0.1) is 0 Å². The second-order valence-electron chi connectivity index (χ2n) is 6.71. The van der Waals surface area contributed by atoms with Crippen LogP contribution in [0, 0.1) is 6.92 Å². The van der Waals surface area contributed by atoms with E-state index in [-0.39, 0.29) is 5.91 Å². The molecule has 0 saturated carbocycles. The Labute approximate surface area is 150 Å². The highest BCUT2D eigenvalue weighted by molar-refractivity contribution is 6.07. The van der Waals surface area contributed by atoms with Crippen LogP contribution in [-0.2, 0) is 11.8 Å². The Morgan fingerprint density at radius 3 is 2.62 bits per heavy atom. The molecular weight excluding hydrogens is 336 g/mol. The first kappa shape index (κ1) is 16.3. The number of hydrogen-bond acceptors (Lipinski definition) is 7. The van der Waals surface area contributed by atoms with Gasteiger partial charge >= 0.3 is 6.03 Å². The molecule has 2 aromatic heterocycles. The van der Waals surface area contributed by atoms with Gasteiger partial charge in [0.25, 0.3) is 5.91 Å². The van der Waals surface area contributed by atoms with Gasteiger partial charge in [-0.05, 0) is 19.8 Å². The van der Waals surface area contributed by atoms with E-state index in [2.05, 4.69) is 35.9 Å². The monoisotopic (exact) mass is 356 g/mol. The maximum absolute atomic E-state index is 12.1. The van der Waals surface area contributed by atoms with Gasteiger partial charge in [-0.3, -0.25) is 14.8 Å². The number of aryl methyl sites for hydroxylation is 2. The molecule has 0 atom stereocenters. The molecule has 2 aliphatic heterocycles. The Hall–Kier alpha value is -3.17. The number of anilines is 3. The summed E-state index contributed by atoms with van der Waals surface area (Å²) in [7, 11) is 1.84. The summed E-state index contributed by atoms with van der Waals surface area (Å²) in [5, 5.41) is 12.4. The molecule has 3 amide bonds. The van der Waals surface area contributed by atoms with Crippen LogP contribution in [0.5, 0.6) is 0 Å². The number of carbonyl (C=O) groups excluding carboxylic acids is 2. The van der Waals surface area contributed by atoms with E-state index in [1.807, 2.05) is 20.2 Å². The summed E-state index contributed by atoms with van der Waals surface area (Å²) in [4.78, 5) is 34.6. The summed E-state index contributed by atoms with van der Waals surface area (Å²) >= 11 is 0. The van der Waals surface area contributed by atoms with Gasteiger partial charge in [0.05, 0.1) is 11.9 Å². The van der Waals surface area contributed by atoms with Gasteiger partial charge in [0, 0.05) is 38.1 Å². The maximum atomic E-state index is 12.1. The van der Waals surface area contributed by atoms with Crippen LogP contribution in [0.2, 0.25) is 0 Å². The fourth-order valence-electron chi connectivity index (χ4n) is 3.41. The summed E-state index contributed by atoms with van der Waals surface area (Å²) < 4.78 is 1.70. The summed E-state index contributed by atoms with van der Waals surface area (Å²) in [5.41, 5.74) is 0.980. The Morgan fingerprint density at radius 1 is 1.23 bits per heavy atom. The molecule has 3 N–H and O–H groups in total. The summed E-state index contributed by atoms with van der Waals surface area (Å²) in [5.74, 6) is 1.08. The number of nitrogens with zero attached hydrogens (tertiary/aromatic N) is 5. The molecule has 10 heteroatoms. The van der Waals surface area contributed by atoms with Crippen molar-refractivity contribution in [1.29, 1.82) is 0 Å². The Bertz CT molecular complexity index is 869. The molecule has 1 spiro atoms. The van der Waals surface area contributed by atoms with Crippen LogP contribution in [-0.4, -0.2) is 50.3 Å². The molecule has 0 aromatic carbocycles. The molecule has 10 nitrogen and oxygen atoms in total. The number of piperidine rings is 1. The number of urea groups is 1. The number of hydrogen-bond donors (Lipinski definition) is 3. The molecule has 2 aromatic rings. The Morgan fingerprint density at radius 2 is 2.00 bits per heavy atom. The van der Waals surface area contributed by atoms with Gasteiger partial charge in [0.1, 0.15) is 11.4 Å². The highest BCUT2D eigenvalue weighted by Crippen LogP contribution is 2.29. The van der Waals surface area contributed by atoms with Crippen molar-refractivity contribution in [2.24, 2.45) is 7.05 Å². The van der Waals surface area contributed by atoms with Crippen molar-refractivity contribution < 1.29 is 9.59 Å². The van der Waals surface area contributed by atoms with Crippen LogP contribution < -0.4 is 20.9 Å². The van der Waals surface area contributed by atoms with Crippen molar-refractivity contribution in [3.8, 4) is 0 Å². The molecule has 2 fully saturated rings. The van der Waals surface area contributed by atoms with Gasteiger partial charge < -0.3 is 15.5 Å². The summed E-state index contributed by atoms with van der Waals surface area (Å²) in [6.45, 7) is 3.20. The van der Waals surface area contributed by atoms with E-state index < -0.39 is 11.6 Å². The van der Waals surface area contributed by atoms with E-state index >= 15 is 0 Å². The first-order valence-corrected chi connectivity index (χ1v) is 8.43. The fraction of sp³-hybridized carbons (Fsp3) is 0.438. The van der Waals surface area contributed by atoms with Crippen LogP contribution in [0.4, 0.5) is 22.2 Å².